The van der Waals surface area contributed by atoms with Crippen molar-refractivity contribution in [2.24, 2.45) is 11.7 Å². The third-order valence-electron chi connectivity index (χ3n) is 1.85. The molecule has 62 valence electrons. The monoisotopic (exact) mass is 147 g/mol. The summed E-state index contributed by atoms with van der Waals surface area (Å²) < 4.78 is 4.82. The number of aliphatic hydroxyl groups is 1. The molecule has 0 bridgehead atoms. The summed E-state index contributed by atoms with van der Waals surface area (Å²) in [6, 6.07) is 0. The molecule has 0 aromatic carbocycles. The van der Waals surface area contributed by atoms with E-state index in [2.05, 4.69) is 0 Å². The van der Waals surface area contributed by atoms with Crippen LogP contribution < -0.4 is 5.73 Å². The molecular formula is C7H17NO2. The van der Waals surface area contributed by atoms with Gasteiger partial charge in [-0.2, -0.15) is 0 Å². The first-order valence-corrected chi connectivity index (χ1v) is 3.46. The Morgan fingerprint density at radius 1 is 1.70 bits per heavy atom. The molecule has 0 heterocycles. The fourth-order valence-corrected chi connectivity index (χ4v) is 0.688. The Hall–Kier alpha value is -0.120. The number of hydrogen-bond acceptors (Lipinski definition) is 3. The van der Waals surface area contributed by atoms with E-state index in [1.807, 2.05) is 6.92 Å². The Labute approximate surface area is 62.2 Å². The van der Waals surface area contributed by atoms with Crippen molar-refractivity contribution in [2.45, 2.75) is 19.4 Å². The second kappa shape index (κ2) is 3.91. The van der Waals surface area contributed by atoms with Gasteiger partial charge < -0.3 is 15.6 Å². The largest absolute Gasteiger partial charge is 0.387 e. The van der Waals surface area contributed by atoms with Crippen LogP contribution in [0.5, 0.6) is 0 Å². The summed E-state index contributed by atoms with van der Waals surface area (Å²) in [4.78, 5) is 0. The van der Waals surface area contributed by atoms with Gasteiger partial charge in [0.05, 0.1) is 12.2 Å². The van der Waals surface area contributed by atoms with Gasteiger partial charge in [0.25, 0.3) is 0 Å². The molecule has 0 rings (SSSR count). The van der Waals surface area contributed by atoms with Crippen LogP contribution in [0.3, 0.4) is 0 Å². The molecule has 0 aromatic heterocycles. The van der Waals surface area contributed by atoms with Crippen LogP contribution in [-0.2, 0) is 4.74 Å². The minimum atomic E-state index is -0.788. The molecule has 3 heteroatoms. The maximum absolute atomic E-state index is 9.58. The van der Waals surface area contributed by atoms with E-state index in [1.165, 1.54) is 0 Å². The quantitative estimate of drug-likeness (QED) is 0.587. The Kier molecular flexibility index (Phi) is 3.86. The average Bonchev–Trinajstić information content (AvgIpc) is 1.86. The molecule has 3 N–H and O–H groups in total. The predicted molar refractivity (Wildman–Crippen MR) is 40.7 cm³/mol. The van der Waals surface area contributed by atoms with Crippen molar-refractivity contribution < 1.29 is 9.84 Å². The third-order valence-corrected chi connectivity index (χ3v) is 1.85. The van der Waals surface area contributed by atoms with E-state index in [1.54, 1.807) is 14.0 Å². The first-order valence-electron chi connectivity index (χ1n) is 3.46. The summed E-state index contributed by atoms with van der Waals surface area (Å²) >= 11 is 0. The number of methoxy groups -OCH3 is 1. The Bertz CT molecular complexity index is 93.6. The topological polar surface area (TPSA) is 55.5 Å². The zero-order chi connectivity index (χ0) is 8.20. The van der Waals surface area contributed by atoms with Gasteiger partial charge in [-0.05, 0) is 19.4 Å². The Morgan fingerprint density at radius 2 is 2.20 bits per heavy atom. The van der Waals surface area contributed by atoms with Crippen molar-refractivity contribution in [3.63, 3.8) is 0 Å². The number of rotatable bonds is 4. The molecule has 0 aliphatic carbocycles. The van der Waals surface area contributed by atoms with Crippen molar-refractivity contribution >= 4 is 0 Å². The molecule has 0 radical (unpaired) electrons. The average molecular weight is 147 g/mol. The summed E-state index contributed by atoms with van der Waals surface area (Å²) in [6.45, 7) is 4.45. The van der Waals surface area contributed by atoms with Crippen LogP contribution in [0.1, 0.15) is 13.8 Å². The van der Waals surface area contributed by atoms with Gasteiger partial charge in [0, 0.05) is 7.11 Å². The van der Waals surface area contributed by atoms with E-state index in [4.69, 9.17) is 10.5 Å². The zero-order valence-corrected chi connectivity index (χ0v) is 6.92. The summed E-state index contributed by atoms with van der Waals surface area (Å²) in [6.07, 6.45) is 0. The summed E-state index contributed by atoms with van der Waals surface area (Å²) in [5.74, 6) is 0.0763. The highest BCUT2D eigenvalue weighted by Crippen LogP contribution is 2.14. The molecule has 2 unspecified atom stereocenters. The van der Waals surface area contributed by atoms with Gasteiger partial charge in [0.15, 0.2) is 0 Å². The van der Waals surface area contributed by atoms with Crippen molar-refractivity contribution in [2.75, 3.05) is 20.3 Å². The molecule has 0 fully saturated rings. The fourth-order valence-electron chi connectivity index (χ4n) is 0.688. The van der Waals surface area contributed by atoms with Crippen molar-refractivity contribution in [3.8, 4) is 0 Å². The molecular weight excluding hydrogens is 130 g/mol. The molecule has 0 aliphatic rings. The number of nitrogens with two attached hydrogens (primary N) is 1. The van der Waals surface area contributed by atoms with Crippen LogP contribution in [-0.4, -0.2) is 31.0 Å². The van der Waals surface area contributed by atoms with Crippen LogP contribution in [0.4, 0.5) is 0 Å². The smallest absolute Gasteiger partial charge is 0.0889 e. The Morgan fingerprint density at radius 3 is 2.50 bits per heavy atom. The predicted octanol–water partition coefficient (Wildman–Crippen LogP) is -0.0214. The lowest BCUT2D eigenvalue weighted by Crippen LogP contribution is -2.41. The molecule has 0 aliphatic heterocycles. The maximum Gasteiger partial charge on any atom is 0.0889 e. The van der Waals surface area contributed by atoms with Crippen LogP contribution >= 0.6 is 0 Å². The van der Waals surface area contributed by atoms with Crippen LogP contribution in [0.15, 0.2) is 0 Å². The number of ether oxygens (including phenoxy) is 1. The van der Waals surface area contributed by atoms with Crippen LogP contribution in [0.2, 0.25) is 0 Å². The molecule has 0 aromatic rings. The van der Waals surface area contributed by atoms with Gasteiger partial charge in [-0.25, -0.2) is 0 Å². The lowest BCUT2D eigenvalue weighted by molar-refractivity contribution is -0.0520. The van der Waals surface area contributed by atoms with E-state index >= 15 is 0 Å². The fraction of sp³-hybridized carbons (Fsp3) is 1.00. The maximum atomic E-state index is 9.58. The number of hydrogen-bond donors (Lipinski definition) is 2. The van der Waals surface area contributed by atoms with Crippen LogP contribution in [0, 0.1) is 5.92 Å². The normalized spacial score (nSPS) is 20.1. The first kappa shape index (κ1) is 9.88. The van der Waals surface area contributed by atoms with Crippen molar-refractivity contribution in [1.82, 2.24) is 0 Å². The van der Waals surface area contributed by atoms with Crippen LogP contribution in [0.25, 0.3) is 0 Å². The molecule has 2 atom stereocenters. The summed E-state index contributed by atoms with van der Waals surface area (Å²) in [7, 11) is 1.57. The molecule has 0 spiro atoms. The van der Waals surface area contributed by atoms with E-state index in [0.717, 1.165) is 0 Å². The summed E-state index contributed by atoms with van der Waals surface area (Å²) in [5, 5.41) is 9.58. The summed E-state index contributed by atoms with van der Waals surface area (Å²) in [5.41, 5.74) is 4.58. The lowest BCUT2D eigenvalue weighted by atomic mass is 9.92. The molecule has 0 saturated heterocycles. The van der Waals surface area contributed by atoms with Crippen molar-refractivity contribution in [3.05, 3.63) is 0 Å². The van der Waals surface area contributed by atoms with E-state index in [9.17, 15) is 5.11 Å². The minimum absolute atomic E-state index is 0.0763. The molecule has 0 amide bonds. The van der Waals surface area contributed by atoms with Gasteiger partial charge >= 0.3 is 0 Å². The van der Waals surface area contributed by atoms with Gasteiger partial charge in [-0.3, -0.25) is 0 Å². The minimum Gasteiger partial charge on any atom is -0.387 e. The first-order chi connectivity index (χ1) is 4.54. The van der Waals surface area contributed by atoms with Gasteiger partial charge in [0.1, 0.15) is 0 Å². The van der Waals surface area contributed by atoms with Crippen molar-refractivity contribution in [1.29, 1.82) is 0 Å². The highest BCUT2D eigenvalue weighted by molar-refractivity contribution is 4.78. The third kappa shape index (κ3) is 2.64. The molecule has 0 saturated carbocycles. The van der Waals surface area contributed by atoms with E-state index in [0.29, 0.717) is 13.2 Å². The SMILES string of the molecule is COCC(C)(O)C(C)CN. The second-order valence-electron chi connectivity index (χ2n) is 2.93. The van der Waals surface area contributed by atoms with Gasteiger partial charge in [0.2, 0.25) is 0 Å². The van der Waals surface area contributed by atoms with E-state index < -0.39 is 5.60 Å². The zero-order valence-electron chi connectivity index (χ0n) is 6.92. The highest BCUT2D eigenvalue weighted by Gasteiger charge is 2.26. The van der Waals surface area contributed by atoms with Gasteiger partial charge in [-0.15, -0.1) is 0 Å². The lowest BCUT2D eigenvalue weighted by Gasteiger charge is -2.28. The van der Waals surface area contributed by atoms with E-state index in [-0.39, 0.29) is 5.92 Å². The van der Waals surface area contributed by atoms with Gasteiger partial charge in [-0.1, -0.05) is 6.92 Å². The standard InChI is InChI=1S/C7H17NO2/c1-6(4-8)7(2,9)5-10-3/h6,9H,4-5,8H2,1-3H3. The molecule has 3 nitrogen and oxygen atoms in total. The Balaban J connectivity index is 3.82. The second-order valence-corrected chi connectivity index (χ2v) is 2.93. The highest BCUT2D eigenvalue weighted by atomic mass is 16.5. The molecule has 10 heavy (non-hydrogen) atoms.